The maximum absolute atomic E-state index is 11.8. The van der Waals surface area contributed by atoms with Crippen LogP contribution in [0.25, 0.3) is 0 Å². The lowest BCUT2D eigenvalue weighted by Crippen LogP contribution is -2.41. The molecular formula is C16H18N2O3S2. The highest BCUT2D eigenvalue weighted by molar-refractivity contribution is 8.00. The van der Waals surface area contributed by atoms with Gasteiger partial charge in [0.25, 0.3) is 0 Å². The van der Waals surface area contributed by atoms with Crippen molar-refractivity contribution in [2.45, 2.75) is 11.3 Å². The molecule has 0 aliphatic rings. The molecule has 0 bridgehead atoms. The number of carbonyl (C=O) groups is 2. The molecule has 0 spiro atoms. The average molecular weight is 350 g/mol. The standard InChI is InChI=1S/C16H18N2O3S2/c1-21-12-4-2-5-14(10-12)23-11-15(19)18-16(20)17-8-7-13-6-3-9-22-13/h2-6,9-10H,7-8,11H2,1H3,(H2,17,18,19,20). The molecule has 0 saturated heterocycles. The monoisotopic (exact) mass is 350 g/mol. The molecule has 5 nitrogen and oxygen atoms in total. The summed E-state index contributed by atoms with van der Waals surface area (Å²) in [5, 5.41) is 6.99. The fraction of sp³-hybridized carbons (Fsp3) is 0.250. The number of amides is 3. The average Bonchev–Trinajstić information content (AvgIpc) is 3.06. The summed E-state index contributed by atoms with van der Waals surface area (Å²) in [6.45, 7) is 0.503. The van der Waals surface area contributed by atoms with Gasteiger partial charge in [0.15, 0.2) is 0 Å². The molecule has 1 heterocycles. The first-order chi connectivity index (χ1) is 11.2. The molecule has 0 fully saturated rings. The molecular weight excluding hydrogens is 332 g/mol. The number of thioether (sulfide) groups is 1. The predicted molar refractivity (Wildman–Crippen MR) is 93.3 cm³/mol. The van der Waals surface area contributed by atoms with Crippen molar-refractivity contribution in [3.63, 3.8) is 0 Å². The molecule has 23 heavy (non-hydrogen) atoms. The van der Waals surface area contributed by atoms with Gasteiger partial charge in [-0.25, -0.2) is 4.79 Å². The van der Waals surface area contributed by atoms with E-state index in [1.54, 1.807) is 18.4 Å². The molecule has 1 aromatic heterocycles. The minimum atomic E-state index is -0.460. The van der Waals surface area contributed by atoms with Gasteiger partial charge in [-0.3, -0.25) is 10.1 Å². The highest BCUT2D eigenvalue weighted by atomic mass is 32.2. The van der Waals surface area contributed by atoms with Crippen molar-refractivity contribution in [2.24, 2.45) is 0 Å². The molecule has 3 amide bonds. The van der Waals surface area contributed by atoms with Gasteiger partial charge >= 0.3 is 6.03 Å². The number of imide groups is 1. The zero-order valence-corrected chi connectivity index (χ0v) is 14.3. The summed E-state index contributed by atoms with van der Waals surface area (Å²) in [4.78, 5) is 25.5. The molecule has 0 radical (unpaired) electrons. The molecule has 0 aliphatic heterocycles. The highest BCUT2D eigenvalue weighted by Gasteiger charge is 2.08. The van der Waals surface area contributed by atoms with E-state index < -0.39 is 6.03 Å². The van der Waals surface area contributed by atoms with E-state index in [-0.39, 0.29) is 11.7 Å². The lowest BCUT2D eigenvalue weighted by molar-refractivity contribution is -0.117. The van der Waals surface area contributed by atoms with Crippen LogP contribution in [0.2, 0.25) is 0 Å². The number of thiophene rings is 1. The first kappa shape index (κ1) is 17.4. The lowest BCUT2D eigenvalue weighted by Gasteiger charge is -2.07. The SMILES string of the molecule is COc1cccc(SCC(=O)NC(=O)NCCc2cccs2)c1. The van der Waals surface area contributed by atoms with Crippen LogP contribution in [0.4, 0.5) is 4.79 Å². The van der Waals surface area contributed by atoms with Crippen molar-refractivity contribution in [1.29, 1.82) is 0 Å². The molecule has 7 heteroatoms. The van der Waals surface area contributed by atoms with Crippen molar-refractivity contribution in [1.82, 2.24) is 10.6 Å². The zero-order valence-electron chi connectivity index (χ0n) is 12.7. The fourth-order valence-electron chi connectivity index (χ4n) is 1.80. The summed E-state index contributed by atoms with van der Waals surface area (Å²) < 4.78 is 5.12. The number of benzene rings is 1. The van der Waals surface area contributed by atoms with Crippen LogP contribution in [-0.2, 0) is 11.2 Å². The molecule has 0 atom stereocenters. The number of ether oxygens (including phenoxy) is 1. The van der Waals surface area contributed by atoms with Crippen LogP contribution >= 0.6 is 23.1 Å². The second kappa shape index (κ2) is 9.22. The van der Waals surface area contributed by atoms with Gasteiger partial charge in [0, 0.05) is 16.3 Å². The quantitative estimate of drug-likeness (QED) is 0.754. The van der Waals surface area contributed by atoms with Gasteiger partial charge in [-0.05, 0) is 36.1 Å². The molecule has 0 aliphatic carbocycles. The van der Waals surface area contributed by atoms with Crippen molar-refractivity contribution in [3.8, 4) is 5.75 Å². The second-order valence-electron chi connectivity index (χ2n) is 4.60. The van der Waals surface area contributed by atoms with E-state index in [2.05, 4.69) is 10.6 Å². The summed E-state index contributed by atoms with van der Waals surface area (Å²) in [5.74, 6) is 0.582. The largest absolute Gasteiger partial charge is 0.497 e. The van der Waals surface area contributed by atoms with Crippen molar-refractivity contribution in [2.75, 3.05) is 19.4 Å². The van der Waals surface area contributed by atoms with Crippen molar-refractivity contribution < 1.29 is 14.3 Å². The minimum absolute atomic E-state index is 0.172. The molecule has 2 rings (SSSR count). The van der Waals surface area contributed by atoms with Crippen LogP contribution in [0, 0.1) is 0 Å². The third-order valence-corrected chi connectivity index (χ3v) is 4.83. The van der Waals surface area contributed by atoms with E-state index in [0.29, 0.717) is 6.54 Å². The van der Waals surface area contributed by atoms with Crippen LogP contribution in [0.15, 0.2) is 46.7 Å². The van der Waals surface area contributed by atoms with Gasteiger partial charge in [-0.1, -0.05) is 12.1 Å². The van der Waals surface area contributed by atoms with Gasteiger partial charge in [-0.2, -0.15) is 0 Å². The summed E-state index contributed by atoms with van der Waals surface area (Å²) in [7, 11) is 1.59. The van der Waals surface area contributed by atoms with Crippen molar-refractivity contribution in [3.05, 3.63) is 46.7 Å². The number of carbonyl (C=O) groups excluding carboxylic acids is 2. The number of nitrogens with one attached hydrogen (secondary N) is 2. The van der Waals surface area contributed by atoms with Crippen LogP contribution in [0.3, 0.4) is 0 Å². The third kappa shape index (κ3) is 6.33. The Balaban J connectivity index is 1.66. The number of hydrogen-bond acceptors (Lipinski definition) is 5. The van der Waals surface area contributed by atoms with Gasteiger partial charge in [0.1, 0.15) is 5.75 Å². The number of hydrogen-bond donors (Lipinski definition) is 2. The maximum Gasteiger partial charge on any atom is 0.321 e. The van der Waals surface area contributed by atoms with Gasteiger partial charge < -0.3 is 10.1 Å². The molecule has 122 valence electrons. The highest BCUT2D eigenvalue weighted by Crippen LogP contribution is 2.22. The van der Waals surface area contributed by atoms with E-state index in [9.17, 15) is 9.59 Å². The minimum Gasteiger partial charge on any atom is -0.497 e. The smallest absolute Gasteiger partial charge is 0.321 e. The number of urea groups is 1. The van der Waals surface area contributed by atoms with E-state index in [1.807, 2.05) is 41.8 Å². The Morgan fingerprint density at radius 2 is 2.13 bits per heavy atom. The van der Waals surface area contributed by atoms with Gasteiger partial charge in [0.2, 0.25) is 5.91 Å². The summed E-state index contributed by atoms with van der Waals surface area (Å²) in [6.07, 6.45) is 0.762. The summed E-state index contributed by atoms with van der Waals surface area (Å²) in [5.41, 5.74) is 0. The first-order valence-electron chi connectivity index (χ1n) is 7.04. The molecule has 0 unspecified atom stereocenters. The van der Waals surface area contributed by atoms with E-state index in [4.69, 9.17) is 4.74 Å². The van der Waals surface area contributed by atoms with Gasteiger partial charge in [-0.15, -0.1) is 23.1 Å². The molecule has 0 saturated carbocycles. The summed E-state index contributed by atoms with van der Waals surface area (Å²) >= 11 is 3.00. The van der Waals surface area contributed by atoms with E-state index in [0.717, 1.165) is 17.1 Å². The second-order valence-corrected chi connectivity index (χ2v) is 6.68. The number of rotatable bonds is 7. The van der Waals surface area contributed by atoms with Crippen LogP contribution in [0.1, 0.15) is 4.88 Å². The summed E-state index contributed by atoms with van der Waals surface area (Å²) in [6, 6.07) is 11.0. The molecule has 2 aromatic rings. The van der Waals surface area contributed by atoms with Crippen molar-refractivity contribution >= 4 is 35.0 Å². The van der Waals surface area contributed by atoms with Gasteiger partial charge in [0.05, 0.1) is 12.9 Å². The Morgan fingerprint density at radius 3 is 2.87 bits per heavy atom. The predicted octanol–water partition coefficient (Wildman–Crippen LogP) is 2.92. The Hall–Kier alpha value is -1.99. The normalized spacial score (nSPS) is 10.1. The topological polar surface area (TPSA) is 67.4 Å². The van der Waals surface area contributed by atoms with E-state index >= 15 is 0 Å². The van der Waals surface area contributed by atoms with Crippen LogP contribution in [0.5, 0.6) is 5.75 Å². The van der Waals surface area contributed by atoms with Crippen LogP contribution in [-0.4, -0.2) is 31.3 Å². The maximum atomic E-state index is 11.8. The third-order valence-electron chi connectivity index (χ3n) is 2.90. The Morgan fingerprint density at radius 1 is 1.26 bits per heavy atom. The molecule has 2 N–H and O–H groups in total. The Labute approximate surface area is 143 Å². The first-order valence-corrected chi connectivity index (χ1v) is 8.91. The molecule has 1 aromatic carbocycles. The fourth-order valence-corrected chi connectivity index (χ4v) is 3.25. The van der Waals surface area contributed by atoms with Crippen LogP contribution < -0.4 is 15.4 Å². The lowest BCUT2D eigenvalue weighted by atomic mass is 10.3. The Kier molecular flexibility index (Phi) is 6.96. The zero-order chi connectivity index (χ0) is 16.5. The van der Waals surface area contributed by atoms with E-state index in [1.165, 1.54) is 16.6 Å². The Bertz CT molecular complexity index is 645. The number of methoxy groups -OCH3 is 1.